The number of nitrogens with zero attached hydrogens (tertiary/aromatic N) is 5. The Hall–Kier alpha value is -2.87. The smallest absolute Gasteiger partial charge is 0.244 e. The summed E-state index contributed by atoms with van der Waals surface area (Å²) in [7, 11) is 0. The van der Waals surface area contributed by atoms with Gasteiger partial charge in [-0.1, -0.05) is 55.9 Å². The van der Waals surface area contributed by atoms with Crippen LogP contribution >= 0.6 is 11.8 Å². The molecule has 0 bridgehead atoms. The van der Waals surface area contributed by atoms with Crippen molar-refractivity contribution in [1.29, 1.82) is 0 Å². The van der Waals surface area contributed by atoms with E-state index in [1.807, 2.05) is 47.3 Å². The third-order valence-corrected chi connectivity index (χ3v) is 5.92. The number of carbonyl (C=O) groups is 1. The fraction of sp³-hybridized carbons (Fsp3) is 0.391. The van der Waals surface area contributed by atoms with Gasteiger partial charge in [-0.25, -0.2) is 14.6 Å². The second-order valence-electron chi connectivity index (χ2n) is 7.83. The first kappa shape index (κ1) is 21.4. The summed E-state index contributed by atoms with van der Waals surface area (Å²) >= 11 is 1.66. The van der Waals surface area contributed by atoms with Gasteiger partial charge in [-0.15, -0.1) is 0 Å². The van der Waals surface area contributed by atoms with Crippen LogP contribution in [0.4, 0.5) is 5.82 Å². The predicted octanol–water partition coefficient (Wildman–Crippen LogP) is 3.76. The molecular formula is C23H28N6OS. The summed E-state index contributed by atoms with van der Waals surface area (Å²) in [6, 6.07) is 9.78. The van der Waals surface area contributed by atoms with Crippen LogP contribution in [0.5, 0.6) is 0 Å². The minimum atomic E-state index is -0.122. The van der Waals surface area contributed by atoms with Gasteiger partial charge in [0.25, 0.3) is 0 Å². The molecule has 1 fully saturated rings. The second-order valence-corrected chi connectivity index (χ2v) is 9.37. The van der Waals surface area contributed by atoms with Crippen LogP contribution in [0.1, 0.15) is 32.3 Å². The monoisotopic (exact) mass is 436 g/mol. The number of rotatable bonds is 8. The van der Waals surface area contributed by atoms with Crippen LogP contribution in [0.25, 0.3) is 17.1 Å². The first-order chi connectivity index (χ1) is 15.1. The number of carbonyl (C=O) groups excluding carboxylic acids is 1. The number of nitrogens with one attached hydrogen (secondary N) is 1. The number of benzene rings is 1. The average molecular weight is 437 g/mol. The van der Waals surface area contributed by atoms with Crippen molar-refractivity contribution >= 4 is 40.6 Å². The lowest BCUT2D eigenvalue weighted by Gasteiger charge is -2.18. The zero-order valence-electron chi connectivity index (χ0n) is 18.0. The zero-order chi connectivity index (χ0) is 21.6. The highest BCUT2D eigenvalue weighted by molar-refractivity contribution is 7.99. The molecule has 3 aromatic rings. The fourth-order valence-corrected chi connectivity index (χ4v) is 4.30. The maximum atomic E-state index is 12.1. The van der Waals surface area contributed by atoms with Gasteiger partial charge in [0.2, 0.25) is 5.91 Å². The maximum Gasteiger partial charge on any atom is 0.244 e. The van der Waals surface area contributed by atoms with Crippen LogP contribution in [0.2, 0.25) is 0 Å². The Morgan fingerprint density at radius 2 is 1.97 bits per heavy atom. The molecule has 0 aliphatic carbocycles. The quantitative estimate of drug-likeness (QED) is 0.329. The molecule has 1 saturated heterocycles. The standard InChI is InChI=1S/C23H28N6OS/c1-17(2)31-23-26-21(28-13-6-7-14-28)19-16-25-29(22(19)27-23)15-12-24-20(30)11-10-18-8-4-3-5-9-18/h3-5,8-11,16-17H,6-7,12-15H2,1-2H3,(H,24,30)/b11-10-. The molecule has 7 nitrogen and oxygen atoms in total. The highest BCUT2D eigenvalue weighted by atomic mass is 32.2. The van der Waals surface area contributed by atoms with Gasteiger partial charge < -0.3 is 10.2 Å². The molecule has 0 spiro atoms. The molecule has 0 saturated carbocycles. The normalized spacial score (nSPS) is 14.2. The zero-order valence-corrected chi connectivity index (χ0v) is 18.8. The maximum absolute atomic E-state index is 12.1. The van der Waals surface area contributed by atoms with Crippen LogP contribution in [-0.4, -0.2) is 50.5 Å². The Bertz CT molecular complexity index is 1060. The molecule has 1 N–H and O–H groups in total. The largest absolute Gasteiger partial charge is 0.356 e. The van der Waals surface area contributed by atoms with Crippen LogP contribution in [0.15, 0.2) is 47.8 Å². The fourth-order valence-electron chi connectivity index (χ4n) is 3.60. The summed E-state index contributed by atoms with van der Waals surface area (Å²) in [4.78, 5) is 24.1. The number of anilines is 1. The van der Waals surface area contributed by atoms with E-state index in [9.17, 15) is 4.79 Å². The van der Waals surface area contributed by atoms with Gasteiger partial charge in [-0.05, 0) is 24.5 Å². The summed E-state index contributed by atoms with van der Waals surface area (Å²) in [5.74, 6) is 0.857. The van der Waals surface area contributed by atoms with Gasteiger partial charge in [0.1, 0.15) is 5.82 Å². The van der Waals surface area contributed by atoms with E-state index in [-0.39, 0.29) is 5.91 Å². The lowest BCUT2D eigenvalue weighted by Crippen LogP contribution is -2.26. The van der Waals surface area contributed by atoms with Gasteiger partial charge >= 0.3 is 0 Å². The molecule has 1 aromatic carbocycles. The number of hydrogen-bond donors (Lipinski definition) is 1. The summed E-state index contributed by atoms with van der Waals surface area (Å²) < 4.78 is 1.86. The summed E-state index contributed by atoms with van der Waals surface area (Å²) in [5, 5.41) is 9.63. The molecule has 162 valence electrons. The molecule has 4 rings (SSSR count). The highest BCUT2D eigenvalue weighted by Crippen LogP contribution is 2.30. The van der Waals surface area contributed by atoms with Crippen LogP contribution in [0.3, 0.4) is 0 Å². The molecule has 3 heterocycles. The van der Waals surface area contributed by atoms with Crippen molar-refractivity contribution in [3.63, 3.8) is 0 Å². The third-order valence-electron chi connectivity index (χ3n) is 5.05. The van der Waals surface area contributed by atoms with E-state index in [1.54, 1.807) is 17.8 Å². The van der Waals surface area contributed by atoms with Crippen molar-refractivity contribution in [2.75, 3.05) is 24.5 Å². The van der Waals surface area contributed by atoms with Crippen molar-refractivity contribution in [3.8, 4) is 0 Å². The highest BCUT2D eigenvalue weighted by Gasteiger charge is 2.21. The van der Waals surface area contributed by atoms with Crippen molar-refractivity contribution < 1.29 is 4.79 Å². The van der Waals surface area contributed by atoms with Crippen molar-refractivity contribution in [1.82, 2.24) is 25.1 Å². The molecule has 0 radical (unpaired) electrons. The first-order valence-corrected chi connectivity index (χ1v) is 11.6. The second kappa shape index (κ2) is 9.96. The molecule has 1 aliphatic rings. The summed E-state index contributed by atoms with van der Waals surface area (Å²) in [5.41, 5.74) is 1.83. The van der Waals surface area contributed by atoms with Crippen LogP contribution in [0, 0.1) is 0 Å². The van der Waals surface area contributed by atoms with Gasteiger partial charge in [-0.3, -0.25) is 4.79 Å². The minimum absolute atomic E-state index is 0.122. The number of aromatic nitrogens is 4. The van der Waals surface area contributed by atoms with E-state index in [0.29, 0.717) is 18.3 Å². The molecule has 2 aromatic heterocycles. The average Bonchev–Trinajstić information content (AvgIpc) is 3.43. The van der Waals surface area contributed by atoms with E-state index in [2.05, 4.69) is 29.2 Å². The number of thioether (sulfide) groups is 1. The minimum Gasteiger partial charge on any atom is -0.356 e. The van der Waals surface area contributed by atoms with Crippen molar-refractivity contribution in [3.05, 3.63) is 48.2 Å². The Morgan fingerprint density at radius 1 is 1.19 bits per heavy atom. The number of amides is 1. The Kier molecular flexibility index (Phi) is 6.86. The van der Waals surface area contributed by atoms with Gasteiger partial charge in [0.05, 0.1) is 18.1 Å². The van der Waals surface area contributed by atoms with Crippen molar-refractivity contribution in [2.24, 2.45) is 0 Å². The van der Waals surface area contributed by atoms with E-state index >= 15 is 0 Å². The molecule has 31 heavy (non-hydrogen) atoms. The van der Waals surface area contributed by atoms with Gasteiger partial charge in [0.15, 0.2) is 10.8 Å². The lowest BCUT2D eigenvalue weighted by atomic mass is 10.2. The Balaban J connectivity index is 1.46. The Labute approximate surface area is 186 Å². The Morgan fingerprint density at radius 3 is 2.71 bits per heavy atom. The van der Waals surface area contributed by atoms with Gasteiger partial charge in [-0.2, -0.15) is 5.10 Å². The predicted molar refractivity (Wildman–Crippen MR) is 126 cm³/mol. The molecule has 1 aliphatic heterocycles. The summed E-state index contributed by atoms with van der Waals surface area (Å²) in [6.45, 7) is 7.36. The number of fused-ring (bicyclic) bond motifs is 1. The number of hydrogen-bond acceptors (Lipinski definition) is 6. The van der Waals surface area contributed by atoms with Gasteiger partial charge in [0, 0.05) is 31.0 Å². The lowest BCUT2D eigenvalue weighted by molar-refractivity contribution is -0.116. The van der Waals surface area contributed by atoms with Crippen LogP contribution < -0.4 is 10.2 Å². The molecule has 0 unspecified atom stereocenters. The molecule has 0 atom stereocenters. The SMILES string of the molecule is CC(C)Sc1nc(N2CCCC2)c2cnn(CCNC(=O)/C=C\c3ccccc3)c2n1. The van der Waals surface area contributed by atoms with E-state index < -0.39 is 0 Å². The first-order valence-electron chi connectivity index (χ1n) is 10.8. The van der Waals surface area contributed by atoms with Crippen LogP contribution in [-0.2, 0) is 11.3 Å². The molecule has 8 heteroatoms. The molecular weight excluding hydrogens is 408 g/mol. The van der Waals surface area contributed by atoms with Crippen molar-refractivity contribution in [2.45, 2.75) is 43.6 Å². The van der Waals surface area contributed by atoms with E-state index in [0.717, 1.165) is 40.7 Å². The van der Waals surface area contributed by atoms with E-state index in [4.69, 9.17) is 9.97 Å². The topological polar surface area (TPSA) is 75.9 Å². The molecule has 1 amide bonds. The third kappa shape index (κ3) is 5.44. The summed E-state index contributed by atoms with van der Waals surface area (Å²) in [6.07, 6.45) is 7.60. The van der Waals surface area contributed by atoms with E-state index in [1.165, 1.54) is 12.8 Å².